The molecule has 23 heavy (non-hydrogen) atoms. The minimum Gasteiger partial charge on any atom is -0.393 e. The van der Waals surface area contributed by atoms with Crippen LogP contribution in [-0.4, -0.2) is 22.0 Å². The highest BCUT2D eigenvalue weighted by Gasteiger charge is 2.13. The van der Waals surface area contributed by atoms with E-state index in [-0.39, 0.29) is 0 Å². The molecule has 0 radical (unpaired) electrons. The molecular formula is C17H18N6. The Labute approximate surface area is 135 Å². The van der Waals surface area contributed by atoms with E-state index in [9.17, 15) is 0 Å². The molecule has 0 saturated carbocycles. The standard InChI is InChI=1S/C17H18N6/c1-12-8-9-14(19-10-12)22-16-15(18)17(21-11-20-16)23(2)13-6-4-3-5-7-13/h3-11H,18H2,1-2H3,(H,19,20,21,22). The van der Waals surface area contributed by atoms with Crippen LogP contribution in [0.3, 0.4) is 0 Å². The van der Waals surface area contributed by atoms with Crippen molar-refractivity contribution in [1.82, 2.24) is 15.0 Å². The first-order valence-corrected chi connectivity index (χ1v) is 7.24. The number of nitrogens with one attached hydrogen (secondary N) is 1. The molecule has 0 aliphatic rings. The highest BCUT2D eigenvalue weighted by Crippen LogP contribution is 2.31. The minimum atomic E-state index is 0.473. The highest BCUT2D eigenvalue weighted by atomic mass is 15.2. The van der Waals surface area contributed by atoms with Crippen molar-refractivity contribution < 1.29 is 0 Å². The second kappa shape index (κ2) is 6.31. The molecule has 0 aliphatic carbocycles. The van der Waals surface area contributed by atoms with E-state index in [1.807, 2.05) is 61.3 Å². The molecule has 2 heterocycles. The number of aryl methyl sites for hydroxylation is 1. The molecule has 2 aromatic heterocycles. The van der Waals surface area contributed by atoms with Crippen LogP contribution in [0.4, 0.5) is 28.8 Å². The van der Waals surface area contributed by atoms with Crippen molar-refractivity contribution in [2.45, 2.75) is 6.92 Å². The largest absolute Gasteiger partial charge is 0.393 e. The molecule has 116 valence electrons. The summed E-state index contributed by atoms with van der Waals surface area (Å²) in [5, 5.41) is 3.13. The predicted octanol–water partition coefficient (Wildman–Crippen LogP) is 3.27. The lowest BCUT2D eigenvalue weighted by molar-refractivity contribution is 1.08. The number of benzene rings is 1. The lowest BCUT2D eigenvalue weighted by Gasteiger charge is -2.20. The second-order valence-corrected chi connectivity index (χ2v) is 5.20. The van der Waals surface area contributed by atoms with Gasteiger partial charge in [-0.1, -0.05) is 24.3 Å². The quantitative estimate of drug-likeness (QED) is 0.770. The summed E-state index contributed by atoms with van der Waals surface area (Å²) in [5.74, 6) is 1.87. The summed E-state index contributed by atoms with van der Waals surface area (Å²) in [5.41, 5.74) is 8.81. The maximum atomic E-state index is 6.24. The molecule has 0 saturated heterocycles. The fourth-order valence-electron chi connectivity index (χ4n) is 2.19. The third-order valence-electron chi connectivity index (χ3n) is 3.48. The summed E-state index contributed by atoms with van der Waals surface area (Å²) in [7, 11) is 1.92. The van der Waals surface area contributed by atoms with Gasteiger partial charge in [0.25, 0.3) is 0 Å². The van der Waals surface area contributed by atoms with Gasteiger partial charge < -0.3 is 16.0 Å². The van der Waals surface area contributed by atoms with E-state index in [1.54, 1.807) is 6.20 Å². The molecular weight excluding hydrogens is 288 g/mol. The summed E-state index contributed by atoms with van der Waals surface area (Å²) in [6.45, 7) is 1.99. The molecule has 0 aliphatic heterocycles. The fraction of sp³-hybridized carbons (Fsp3) is 0.118. The number of pyridine rings is 1. The highest BCUT2D eigenvalue weighted by molar-refractivity contribution is 5.80. The molecule has 0 fully saturated rings. The molecule has 3 rings (SSSR count). The van der Waals surface area contributed by atoms with Crippen LogP contribution in [0, 0.1) is 6.92 Å². The van der Waals surface area contributed by atoms with E-state index in [2.05, 4.69) is 20.3 Å². The van der Waals surface area contributed by atoms with Crippen LogP contribution in [0.25, 0.3) is 0 Å². The number of nitrogens with zero attached hydrogens (tertiary/aromatic N) is 4. The number of para-hydroxylation sites is 1. The van der Waals surface area contributed by atoms with E-state index >= 15 is 0 Å². The number of aromatic nitrogens is 3. The zero-order chi connectivity index (χ0) is 16.2. The van der Waals surface area contributed by atoms with Crippen LogP contribution in [0.1, 0.15) is 5.56 Å². The molecule has 0 unspecified atom stereocenters. The van der Waals surface area contributed by atoms with Crippen molar-refractivity contribution in [3.05, 3.63) is 60.6 Å². The van der Waals surface area contributed by atoms with E-state index in [0.29, 0.717) is 23.1 Å². The van der Waals surface area contributed by atoms with Gasteiger partial charge in [0.05, 0.1) is 0 Å². The van der Waals surface area contributed by atoms with Gasteiger partial charge in [0.1, 0.15) is 17.8 Å². The Morgan fingerprint density at radius 1 is 1.00 bits per heavy atom. The predicted molar refractivity (Wildman–Crippen MR) is 93.2 cm³/mol. The van der Waals surface area contributed by atoms with Gasteiger partial charge in [-0.2, -0.15) is 0 Å². The lowest BCUT2D eigenvalue weighted by Crippen LogP contribution is -2.15. The summed E-state index contributed by atoms with van der Waals surface area (Å²) in [4.78, 5) is 14.7. The molecule has 0 amide bonds. The average Bonchev–Trinajstić information content (AvgIpc) is 2.59. The number of anilines is 5. The first-order valence-electron chi connectivity index (χ1n) is 7.24. The smallest absolute Gasteiger partial charge is 0.161 e. The third-order valence-corrected chi connectivity index (χ3v) is 3.48. The Morgan fingerprint density at radius 3 is 2.48 bits per heavy atom. The third kappa shape index (κ3) is 3.21. The molecule has 6 heteroatoms. The van der Waals surface area contributed by atoms with Gasteiger partial charge in [-0.15, -0.1) is 0 Å². The maximum absolute atomic E-state index is 6.24. The Balaban J connectivity index is 1.90. The van der Waals surface area contributed by atoms with Crippen molar-refractivity contribution in [2.75, 3.05) is 23.0 Å². The van der Waals surface area contributed by atoms with Crippen LogP contribution < -0.4 is 16.0 Å². The summed E-state index contributed by atoms with van der Waals surface area (Å²) in [6, 6.07) is 13.8. The second-order valence-electron chi connectivity index (χ2n) is 5.20. The van der Waals surface area contributed by atoms with Gasteiger partial charge in [-0.25, -0.2) is 15.0 Å². The summed E-state index contributed by atoms with van der Waals surface area (Å²) in [6.07, 6.45) is 3.28. The van der Waals surface area contributed by atoms with Gasteiger partial charge in [0.2, 0.25) is 0 Å². The zero-order valence-electron chi connectivity index (χ0n) is 13.1. The van der Waals surface area contributed by atoms with E-state index in [0.717, 1.165) is 11.3 Å². The number of rotatable bonds is 4. The molecule has 1 aromatic carbocycles. The van der Waals surface area contributed by atoms with Crippen LogP contribution in [0.5, 0.6) is 0 Å². The van der Waals surface area contributed by atoms with Gasteiger partial charge in [0.15, 0.2) is 11.6 Å². The van der Waals surface area contributed by atoms with E-state index < -0.39 is 0 Å². The van der Waals surface area contributed by atoms with Crippen LogP contribution in [0.2, 0.25) is 0 Å². The van der Waals surface area contributed by atoms with Gasteiger partial charge >= 0.3 is 0 Å². The number of hydrogen-bond acceptors (Lipinski definition) is 6. The monoisotopic (exact) mass is 306 g/mol. The van der Waals surface area contributed by atoms with Crippen molar-refractivity contribution in [2.24, 2.45) is 0 Å². The Bertz CT molecular complexity index is 786. The van der Waals surface area contributed by atoms with Gasteiger partial charge in [0, 0.05) is 18.9 Å². The molecule has 0 spiro atoms. The summed E-state index contributed by atoms with van der Waals surface area (Å²) < 4.78 is 0. The van der Waals surface area contributed by atoms with Gasteiger partial charge in [-0.3, -0.25) is 0 Å². The first-order chi connectivity index (χ1) is 11.1. The zero-order valence-corrected chi connectivity index (χ0v) is 13.1. The van der Waals surface area contributed by atoms with Gasteiger partial charge in [-0.05, 0) is 30.7 Å². The lowest BCUT2D eigenvalue weighted by atomic mass is 10.3. The van der Waals surface area contributed by atoms with E-state index in [1.165, 1.54) is 6.33 Å². The van der Waals surface area contributed by atoms with Crippen molar-refractivity contribution >= 4 is 28.8 Å². The molecule has 0 atom stereocenters. The van der Waals surface area contributed by atoms with Crippen LogP contribution in [-0.2, 0) is 0 Å². The number of nitrogens with two attached hydrogens (primary N) is 1. The van der Waals surface area contributed by atoms with Crippen molar-refractivity contribution in [1.29, 1.82) is 0 Å². The normalized spacial score (nSPS) is 10.3. The maximum Gasteiger partial charge on any atom is 0.161 e. The molecule has 6 nitrogen and oxygen atoms in total. The van der Waals surface area contributed by atoms with Crippen LogP contribution in [0.15, 0.2) is 55.0 Å². The number of nitrogen functional groups attached to an aromatic ring is 1. The average molecular weight is 306 g/mol. The molecule has 0 bridgehead atoms. The first kappa shape index (κ1) is 14.8. The van der Waals surface area contributed by atoms with Crippen molar-refractivity contribution in [3.63, 3.8) is 0 Å². The SMILES string of the molecule is Cc1ccc(Nc2ncnc(N(C)c3ccccc3)c2N)nc1. The van der Waals surface area contributed by atoms with Crippen LogP contribution >= 0.6 is 0 Å². The number of hydrogen-bond donors (Lipinski definition) is 2. The molecule has 3 aromatic rings. The Hall–Kier alpha value is -3.15. The van der Waals surface area contributed by atoms with Crippen molar-refractivity contribution in [3.8, 4) is 0 Å². The Morgan fingerprint density at radius 2 is 1.78 bits per heavy atom. The minimum absolute atomic E-state index is 0.473. The van der Waals surface area contributed by atoms with E-state index in [4.69, 9.17) is 5.73 Å². The fourth-order valence-corrected chi connectivity index (χ4v) is 2.19. The Kier molecular flexibility index (Phi) is 4.05. The molecule has 3 N–H and O–H groups in total. The topological polar surface area (TPSA) is 80.0 Å². The summed E-state index contributed by atoms with van der Waals surface area (Å²) >= 11 is 0.